The van der Waals surface area contributed by atoms with Crippen LogP contribution >= 0.6 is 12.4 Å². The van der Waals surface area contributed by atoms with E-state index in [9.17, 15) is 13.2 Å². The van der Waals surface area contributed by atoms with Gasteiger partial charge in [-0.1, -0.05) is 24.3 Å². The zero-order valence-electron chi connectivity index (χ0n) is 19.0. The minimum Gasteiger partial charge on any atom is -0.471 e. The van der Waals surface area contributed by atoms with Crippen molar-refractivity contribution in [2.24, 2.45) is 5.73 Å². The van der Waals surface area contributed by atoms with Gasteiger partial charge in [-0.15, -0.1) is 12.4 Å². The predicted octanol–water partition coefficient (Wildman–Crippen LogP) is 2.77. The Hall–Kier alpha value is -3.21. The van der Waals surface area contributed by atoms with Crippen molar-refractivity contribution in [3.05, 3.63) is 65.2 Å². The van der Waals surface area contributed by atoms with Gasteiger partial charge in [-0.25, -0.2) is 18.1 Å². The van der Waals surface area contributed by atoms with E-state index in [4.69, 9.17) is 10.5 Å². The number of aryl methyl sites for hydroxylation is 2. The van der Waals surface area contributed by atoms with Crippen LogP contribution < -0.4 is 15.2 Å². The highest BCUT2D eigenvalue weighted by Gasteiger charge is 2.24. The van der Waals surface area contributed by atoms with E-state index in [1.807, 2.05) is 32.0 Å². The summed E-state index contributed by atoms with van der Waals surface area (Å²) in [6, 6.07) is 13.3. The first-order valence-corrected chi connectivity index (χ1v) is 11.9. The Kier molecular flexibility index (Phi) is 7.44. The van der Waals surface area contributed by atoms with E-state index < -0.39 is 16.1 Å². The molecule has 2 heterocycles. The van der Waals surface area contributed by atoms with Crippen LogP contribution in [-0.2, 0) is 10.0 Å². The maximum absolute atomic E-state index is 13.1. The number of fused-ring (bicyclic) bond motifs is 4. The van der Waals surface area contributed by atoms with Crippen molar-refractivity contribution in [2.45, 2.75) is 24.8 Å². The first-order valence-electron chi connectivity index (χ1n) is 10.4. The van der Waals surface area contributed by atoms with Crippen LogP contribution in [0.25, 0.3) is 11.3 Å². The highest BCUT2D eigenvalue weighted by atomic mass is 35.5. The second-order valence-electron chi connectivity index (χ2n) is 7.98. The minimum absolute atomic E-state index is 0. The SMILES string of the molecule is Cc1cccc(C)c1-c1cc2nc(n1)NS(=O)(=O)c1cccc(c1)C(=O)N(C)CC(CN)O2.Cl. The number of sulfonamides is 1. The second kappa shape index (κ2) is 9.96. The topological polar surface area (TPSA) is 128 Å². The number of halogens is 1. The molecule has 1 unspecified atom stereocenters. The van der Waals surface area contributed by atoms with E-state index in [2.05, 4.69) is 14.7 Å². The molecular weight excluding hydrogens is 478 g/mol. The summed E-state index contributed by atoms with van der Waals surface area (Å²) < 4.78 is 34.6. The molecule has 2 aromatic carbocycles. The lowest BCUT2D eigenvalue weighted by atomic mass is 10.00. The Morgan fingerprint density at radius 2 is 1.79 bits per heavy atom. The first-order chi connectivity index (χ1) is 15.7. The Balaban J connectivity index is 0.00000324. The van der Waals surface area contributed by atoms with Gasteiger partial charge in [0.25, 0.3) is 15.9 Å². The Labute approximate surface area is 204 Å². The van der Waals surface area contributed by atoms with Gasteiger partial charge in [0.1, 0.15) is 6.10 Å². The number of nitrogens with one attached hydrogen (secondary N) is 1. The average molecular weight is 504 g/mol. The smallest absolute Gasteiger partial charge is 0.264 e. The van der Waals surface area contributed by atoms with Crippen LogP contribution in [0.2, 0.25) is 0 Å². The molecule has 3 N–H and O–H groups in total. The standard InChI is InChI=1S/C23H25N5O4S.ClH/c1-14-6-4-7-15(2)21(14)19-11-20-26-23(25-19)27-33(30,31)18-9-5-8-16(10-18)22(29)28(3)13-17(12-24)32-20;/h4-11,17H,12-13,24H2,1-3H3,(H,25,26,27);1H. The van der Waals surface area contributed by atoms with Crippen LogP contribution in [0.5, 0.6) is 5.88 Å². The Morgan fingerprint density at radius 3 is 2.47 bits per heavy atom. The van der Waals surface area contributed by atoms with E-state index >= 15 is 0 Å². The van der Waals surface area contributed by atoms with Gasteiger partial charge < -0.3 is 15.4 Å². The molecule has 0 spiro atoms. The van der Waals surface area contributed by atoms with E-state index in [1.54, 1.807) is 19.2 Å². The number of nitrogens with two attached hydrogens (primary N) is 1. The summed E-state index contributed by atoms with van der Waals surface area (Å²) in [5.41, 5.74) is 9.46. The van der Waals surface area contributed by atoms with Gasteiger partial charge in [0.15, 0.2) is 0 Å². The maximum Gasteiger partial charge on any atom is 0.264 e. The van der Waals surface area contributed by atoms with E-state index in [0.29, 0.717) is 5.69 Å². The number of amides is 1. The number of benzene rings is 2. The molecule has 4 rings (SSSR count). The molecule has 0 saturated heterocycles. The van der Waals surface area contributed by atoms with Crippen molar-refractivity contribution in [3.8, 4) is 17.1 Å². The lowest BCUT2D eigenvalue weighted by molar-refractivity contribution is 0.0715. The van der Waals surface area contributed by atoms with Gasteiger partial charge in [0.05, 0.1) is 17.1 Å². The number of hydrogen-bond acceptors (Lipinski definition) is 7. The quantitative estimate of drug-likeness (QED) is 0.550. The van der Waals surface area contributed by atoms with Crippen LogP contribution in [0.3, 0.4) is 0 Å². The van der Waals surface area contributed by atoms with Crippen LogP contribution in [-0.4, -0.2) is 55.4 Å². The molecule has 1 atom stereocenters. The summed E-state index contributed by atoms with van der Waals surface area (Å²) >= 11 is 0. The molecule has 9 nitrogen and oxygen atoms in total. The molecule has 1 amide bonds. The Bertz CT molecular complexity index is 1310. The van der Waals surface area contributed by atoms with Crippen LogP contribution in [0.1, 0.15) is 21.5 Å². The van der Waals surface area contributed by atoms with E-state index in [0.717, 1.165) is 16.7 Å². The maximum atomic E-state index is 13.1. The summed E-state index contributed by atoms with van der Waals surface area (Å²) in [7, 11) is -2.45. The van der Waals surface area contributed by atoms with Crippen LogP contribution in [0.15, 0.2) is 53.4 Å². The number of aromatic nitrogens is 2. The van der Waals surface area contributed by atoms with Gasteiger partial charge in [0, 0.05) is 30.8 Å². The largest absolute Gasteiger partial charge is 0.471 e. The van der Waals surface area contributed by atoms with Crippen molar-refractivity contribution >= 4 is 34.3 Å². The zero-order chi connectivity index (χ0) is 23.8. The predicted molar refractivity (Wildman–Crippen MR) is 132 cm³/mol. The van der Waals surface area contributed by atoms with Crippen molar-refractivity contribution in [1.29, 1.82) is 0 Å². The third kappa shape index (κ3) is 5.14. The average Bonchev–Trinajstić information content (AvgIpc) is 2.77. The molecule has 3 aromatic rings. The summed E-state index contributed by atoms with van der Waals surface area (Å²) in [5.74, 6) is -0.324. The molecule has 34 heavy (non-hydrogen) atoms. The van der Waals surface area contributed by atoms with E-state index in [1.165, 1.54) is 23.1 Å². The molecule has 1 aliphatic heterocycles. The van der Waals surface area contributed by atoms with Gasteiger partial charge >= 0.3 is 0 Å². The lowest BCUT2D eigenvalue weighted by Crippen LogP contribution is -2.41. The van der Waals surface area contributed by atoms with Crippen molar-refractivity contribution in [3.63, 3.8) is 0 Å². The summed E-state index contributed by atoms with van der Waals surface area (Å²) in [4.78, 5) is 23.0. The third-order valence-electron chi connectivity index (χ3n) is 5.43. The molecule has 1 aromatic heterocycles. The number of likely N-dealkylation sites (N-methyl/N-ethyl adjacent to an activating group) is 1. The number of ether oxygens (including phenoxy) is 1. The molecule has 1 aliphatic rings. The van der Waals surface area contributed by atoms with Crippen LogP contribution in [0.4, 0.5) is 5.95 Å². The summed E-state index contributed by atoms with van der Waals surface area (Å²) in [5, 5.41) is 0. The fourth-order valence-electron chi connectivity index (χ4n) is 3.79. The molecular formula is C23H26ClN5O4S. The number of carbonyl (C=O) groups excluding carboxylic acids is 1. The van der Waals surface area contributed by atoms with E-state index in [-0.39, 0.29) is 53.7 Å². The molecule has 0 saturated carbocycles. The van der Waals surface area contributed by atoms with Gasteiger partial charge in [0.2, 0.25) is 11.8 Å². The van der Waals surface area contributed by atoms with Gasteiger partial charge in [-0.05, 0) is 43.2 Å². The van der Waals surface area contributed by atoms with Crippen molar-refractivity contribution < 1.29 is 17.9 Å². The van der Waals surface area contributed by atoms with Crippen molar-refractivity contribution in [2.75, 3.05) is 24.9 Å². The monoisotopic (exact) mass is 503 g/mol. The summed E-state index contributed by atoms with van der Waals surface area (Å²) in [6.07, 6.45) is -0.562. The van der Waals surface area contributed by atoms with Crippen LogP contribution in [0, 0.1) is 13.8 Å². The molecule has 4 bridgehead atoms. The third-order valence-corrected chi connectivity index (χ3v) is 6.76. The number of carbonyl (C=O) groups is 1. The molecule has 0 radical (unpaired) electrons. The zero-order valence-corrected chi connectivity index (χ0v) is 20.6. The minimum atomic E-state index is -4.06. The molecule has 11 heteroatoms. The number of rotatable bonds is 2. The number of anilines is 1. The molecule has 0 fully saturated rings. The van der Waals surface area contributed by atoms with Crippen molar-refractivity contribution in [1.82, 2.24) is 14.9 Å². The fourth-order valence-corrected chi connectivity index (χ4v) is 4.78. The van der Waals surface area contributed by atoms with Gasteiger partial charge in [-0.2, -0.15) is 4.98 Å². The molecule has 0 aliphatic carbocycles. The highest BCUT2D eigenvalue weighted by Crippen LogP contribution is 2.30. The molecule has 180 valence electrons. The first kappa shape index (κ1) is 25.4. The number of hydrogen-bond donors (Lipinski definition) is 2. The lowest BCUT2D eigenvalue weighted by Gasteiger charge is -2.24. The normalized spacial score (nSPS) is 17.2. The number of nitrogens with zero attached hydrogens (tertiary/aromatic N) is 3. The van der Waals surface area contributed by atoms with Gasteiger partial charge in [-0.3, -0.25) is 4.79 Å². The Morgan fingerprint density at radius 1 is 1.12 bits per heavy atom. The second-order valence-corrected chi connectivity index (χ2v) is 9.66. The fraction of sp³-hybridized carbons (Fsp3) is 0.261. The summed E-state index contributed by atoms with van der Waals surface area (Å²) in [6.45, 7) is 4.22. The highest BCUT2D eigenvalue weighted by molar-refractivity contribution is 7.92.